The topological polar surface area (TPSA) is 18.5 Å². The summed E-state index contributed by atoms with van der Waals surface area (Å²) < 4.78 is 13.0. The van der Waals surface area contributed by atoms with E-state index in [-0.39, 0.29) is 0 Å². The quantitative estimate of drug-likeness (QED) is 0.165. The van der Waals surface area contributed by atoms with Gasteiger partial charge in [0.05, 0.1) is 0 Å². The average molecular weight is 455 g/mol. The van der Waals surface area contributed by atoms with E-state index in [9.17, 15) is 0 Å². The van der Waals surface area contributed by atoms with Crippen LogP contribution in [0.15, 0.2) is 54.6 Å². The molecular formula is C29H46O2Si. The first kappa shape index (κ1) is 26.7. The maximum absolute atomic E-state index is 6.51. The number of benzene rings is 2. The van der Waals surface area contributed by atoms with Crippen molar-refractivity contribution in [3.63, 3.8) is 0 Å². The summed E-state index contributed by atoms with van der Waals surface area (Å²) in [5, 5.41) is 0. The zero-order valence-electron chi connectivity index (χ0n) is 20.9. The third kappa shape index (κ3) is 9.91. The maximum atomic E-state index is 6.51. The molecule has 0 atom stereocenters. The van der Waals surface area contributed by atoms with Crippen LogP contribution in [0.25, 0.3) is 11.1 Å². The molecule has 0 unspecified atom stereocenters. The molecule has 2 nitrogen and oxygen atoms in total. The SMILES string of the molecule is CCCCCCCCCCCCCO[Si](CC)(CC)Oc1ccc(-c2ccccc2)cc1. The van der Waals surface area contributed by atoms with Crippen molar-refractivity contribution in [3.8, 4) is 16.9 Å². The van der Waals surface area contributed by atoms with E-state index in [2.05, 4.69) is 75.4 Å². The Morgan fingerprint density at radius 2 is 1.06 bits per heavy atom. The first-order valence-electron chi connectivity index (χ1n) is 13.2. The summed E-state index contributed by atoms with van der Waals surface area (Å²) in [6.45, 7) is 7.56. The summed E-state index contributed by atoms with van der Waals surface area (Å²) in [5.41, 5.74) is 2.46. The fourth-order valence-corrected chi connectivity index (χ4v) is 6.55. The minimum Gasteiger partial charge on any atom is -0.520 e. The van der Waals surface area contributed by atoms with Gasteiger partial charge in [-0.15, -0.1) is 0 Å². The lowest BCUT2D eigenvalue weighted by Gasteiger charge is -2.29. The third-order valence-corrected chi connectivity index (χ3v) is 9.95. The summed E-state index contributed by atoms with van der Waals surface area (Å²) in [6.07, 6.45) is 15.0. The van der Waals surface area contributed by atoms with Gasteiger partial charge in [-0.2, -0.15) is 0 Å². The van der Waals surface area contributed by atoms with Crippen molar-refractivity contribution < 1.29 is 8.85 Å². The summed E-state index contributed by atoms with van der Waals surface area (Å²) in [7, 11) is -2.18. The Bertz CT molecular complexity index is 695. The highest BCUT2D eigenvalue weighted by molar-refractivity contribution is 6.68. The standard InChI is InChI=1S/C29H46O2Si/c1-4-7-8-9-10-11-12-13-14-15-19-26-30-32(5-2,6-3)31-29-24-22-28(23-25-29)27-20-17-16-18-21-27/h16-18,20-25H,4-15,19,26H2,1-3H3. The Hall–Kier alpha value is -1.58. The predicted molar refractivity (Wildman–Crippen MR) is 142 cm³/mol. The van der Waals surface area contributed by atoms with Gasteiger partial charge < -0.3 is 8.85 Å². The molecule has 0 bridgehead atoms. The van der Waals surface area contributed by atoms with Crippen molar-refractivity contribution >= 4 is 8.56 Å². The monoisotopic (exact) mass is 454 g/mol. The largest absolute Gasteiger partial charge is 0.520 e. The maximum Gasteiger partial charge on any atom is 0.398 e. The highest BCUT2D eigenvalue weighted by Gasteiger charge is 2.35. The van der Waals surface area contributed by atoms with E-state index >= 15 is 0 Å². The zero-order chi connectivity index (χ0) is 22.9. The second kappa shape index (κ2) is 16.1. The summed E-state index contributed by atoms with van der Waals surface area (Å²) in [6, 6.07) is 21.0. The van der Waals surface area contributed by atoms with Gasteiger partial charge in [0.25, 0.3) is 0 Å². The third-order valence-electron chi connectivity index (χ3n) is 6.46. The zero-order valence-corrected chi connectivity index (χ0v) is 21.9. The molecule has 2 aromatic rings. The van der Waals surface area contributed by atoms with Crippen LogP contribution in [0.1, 0.15) is 91.4 Å². The first-order chi connectivity index (χ1) is 15.7. The normalized spacial score (nSPS) is 11.6. The van der Waals surface area contributed by atoms with Crippen LogP contribution in [0.5, 0.6) is 5.75 Å². The van der Waals surface area contributed by atoms with E-state index in [1.807, 2.05) is 0 Å². The highest BCUT2D eigenvalue weighted by atomic mass is 28.4. The fourth-order valence-electron chi connectivity index (χ4n) is 4.21. The number of hydrogen-bond acceptors (Lipinski definition) is 2. The van der Waals surface area contributed by atoms with E-state index in [1.165, 1.54) is 75.3 Å². The lowest BCUT2D eigenvalue weighted by Crippen LogP contribution is -2.44. The molecule has 0 radical (unpaired) electrons. The summed E-state index contributed by atoms with van der Waals surface area (Å²) in [4.78, 5) is 0. The van der Waals surface area contributed by atoms with Crippen LogP contribution in [-0.4, -0.2) is 15.2 Å². The van der Waals surface area contributed by atoms with Crippen molar-refractivity contribution in [1.82, 2.24) is 0 Å². The Kier molecular flexibility index (Phi) is 13.4. The second-order valence-electron chi connectivity index (χ2n) is 8.99. The number of rotatable bonds is 18. The van der Waals surface area contributed by atoms with E-state index < -0.39 is 8.56 Å². The van der Waals surface area contributed by atoms with Gasteiger partial charge in [-0.3, -0.25) is 0 Å². The molecule has 0 N–H and O–H groups in total. The van der Waals surface area contributed by atoms with Crippen molar-refractivity contribution in [2.75, 3.05) is 6.61 Å². The van der Waals surface area contributed by atoms with Crippen LogP contribution in [0.4, 0.5) is 0 Å². The van der Waals surface area contributed by atoms with E-state index in [4.69, 9.17) is 8.85 Å². The van der Waals surface area contributed by atoms with E-state index in [0.29, 0.717) is 0 Å². The van der Waals surface area contributed by atoms with Crippen LogP contribution in [0, 0.1) is 0 Å². The van der Waals surface area contributed by atoms with Gasteiger partial charge in [0, 0.05) is 6.61 Å². The average Bonchev–Trinajstić information content (AvgIpc) is 2.85. The molecule has 0 amide bonds. The molecule has 3 heteroatoms. The van der Waals surface area contributed by atoms with E-state index in [1.54, 1.807) is 0 Å². The van der Waals surface area contributed by atoms with Gasteiger partial charge in [0.15, 0.2) is 0 Å². The van der Waals surface area contributed by atoms with Crippen LogP contribution in [-0.2, 0) is 4.43 Å². The molecule has 0 aliphatic carbocycles. The Balaban J connectivity index is 1.66. The number of unbranched alkanes of at least 4 members (excludes halogenated alkanes) is 10. The van der Waals surface area contributed by atoms with Crippen molar-refractivity contribution in [1.29, 1.82) is 0 Å². The first-order valence-corrected chi connectivity index (χ1v) is 15.4. The molecule has 2 rings (SSSR count). The molecule has 0 fully saturated rings. The van der Waals surface area contributed by atoms with Crippen LogP contribution in [0.3, 0.4) is 0 Å². The lowest BCUT2D eigenvalue weighted by molar-refractivity contribution is 0.230. The highest BCUT2D eigenvalue weighted by Crippen LogP contribution is 2.27. The molecule has 178 valence electrons. The van der Waals surface area contributed by atoms with Crippen LogP contribution < -0.4 is 4.43 Å². The summed E-state index contributed by atoms with van der Waals surface area (Å²) >= 11 is 0. The molecule has 2 aromatic carbocycles. The van der Waals surface area contributed by atoms with E-state index in [0.717, 1.165) is 30.9 Å². The fraction of sp³-hybridized carbons (Fsp3) is 0.586. The molecule has 0 aliphatic heterocycles. The van der Waals surface area contributed by atoms with Crippen molar-refractivity contribution in [2.45, 2.75) is 103 Å². The van der Waals surface area contributed by atoms with Crippen LogP contribution in [0.2, 0.25) is 12.1 Å². The Morgan fingerprint density at radius 3 is 1.59 bits per heavy atom. The summed E-state index contributed by atoms with van der Waals surface area (Å²) in [5.74, 6) is 0.944. The molecule has 0 saturated carbocycles. The minimum atomic E-state index is -2.18. The van der Waals surface area contributed by atoms with Crippen molar-refractivity contribution in [3.05, 3.63) is 54.6 Å². The second-order valence-corrected chi connectivity index (χ2v) is 12.7. The van der Waals surface area contributed by atoms with Crippen LogP contribution >= 0.6 is 0 Å². The predicted octanol–water partition coefficient (Wildman–Crippen LogP) is 9.54. The Labute approximate surface area is 199 Å². The van der Waals surface area contributed by atoms with Gasteiger partial charge in [0.1, 0.15) is 5.75 Å². The lowest BCUT2D eigenvalue weighted by atomic mass is 10.1. The van der Waals surface area contributed by atoms with Gasteiger partial charge in [-0.25, -0.2) is 0 Å². The smallest absolute Gasteiger partial charge is 0.398 e. The van der Waals surface area contributed by atoms with Gasteiger partial charge in [-0.05, 0) is 41.8 Å². The molecule has 0 aromatic heterocycles. The molecular weight excluding hydrogens is 408 g/mol. The molecule has 0 saturated heterocycles. The van der Waals surface area contributed by atoms with Crippen molar-refractivity contribution in [2.24, 2.45) is 0 Å². The molecule has 32 heavy (non-hydrogen) atoms. The number of hydrogen-bond donors (Lipinski definition) is 0. The Morgan fingerprint density at radius 1 is 0.562 bits per heavy atom. The van der Waals surface area contributed by atoms with Gasteiger partial charge in [0.2, 0.25) is 0 Å². The minimum absolute atomic E-state index is 0.840. The molecule has 0 heterocycles. The molecule has 0 aliphatic rings. The molecule has 0 spiro atoms. The van der Waals surface area contributed by atoms with Gasteiger partial charge >= 0.3 is 8.56 Å². The van der Waals surface area contributed by atoms with Gasteiger partial charge in [-0.1, -0.05) is 127 Å².